The Kier molecular flexibility index (Phi) is 8.42. The number of hydrogen-bond donors (Lipinski definition) is 0. The number of rotatable bonds is 5. The molecule has 1 saturated carbocycles. The number of likely N-dealkylation sites (tertiary alicyclic amines) is 1. The summed E-state index contributed by atoms with van der Waals surface area (Å²) < 4.78 is 12.0. The van der Waals surface area contributed by atoms with Crippen molar-refractivity contribution in [2.24, 2.45) is 22.7 Å². The van der Waals surface area contributed by atoms with Crippen LogP contribution in [0.4, 0.5) is 0 Å². The Morgan fingerprint density at radius 3 is 2.69 bits per heavy atom. The summed E-state index contributed by atoms with van der Waals surface area (Å²) in [7, 11) is 0. The van der Waals surface area contributed by atoms with Crippen molar-refractivity contribution in [1.29, 1.82) is 5.26 Å². The Bertz CT molecular complexity index is 1030. The summed E-state index contributed by atoms with van der Waals surface area (Å²) in [6.45, 7) is 11.8. The fourth-order valence-corrected chi connectivity index (χ4v) is 5.86. The van der Waals surface area contributed by atoms with Crippen LogP contribution in [-0.4, -0.2) is 42.0 Å². The maximum absolute atomic E-state index is 13.2. The second kappa shape index (κ2) is 11.5. The van der Waals surface area contributed by atoms with Gasteiger partial charge in [-0.05, 0) is 88.9 Å². The van der Waals surface area contributed by atoms with Gasteiger partial charge >= 0.3 is 5.97 Å². The molecule has 0 aromatic rings. The molecule has 0 radical (unpaired) electrons. The summed E-state index contributed by atoms with van der Waals surface area (Å²) in [5.41, 5.74) is 6.13. The number of ether oxygens (including phenoxy) is 2. The summed E-state index contributed by atoms with van der Waals surface area (Å²) in [6, 6.07) is 2.31. The minimum Gasteiger partial charge on any atom is -0.471 e. The second-order valence-corrected chi connectivity index (χ2v) is 11.7. The molecule has 2 aliphatic heterocycles. The molecule has 0 aromatic carbocycles. The number of amidine groups is 1. The van der Waals surface area contributed by atoms with Gasteiger partial charge in [0, 0.05) is 25.4 Å². The Morgan fingerprint density at radius 2 is 1.97 bits per heavy atom. The van der Waals surface area contributed by atoms with E-state index in [9.17, 15) is 10.1 Å². The minimum atomic E-state index is -0.588. The highest BCUT2D eigenvalue weighted by Gasteiger charge is 2.39. The van der Waals surface area contributed by atoms with E-state index in [1.807, 2.05) is 20.8 Å². The van der Waals surface area contributed by atoms with Crippen LogP contribution in [0.2, 0.25) is 0 Å². The van der Waals surface area contributed by atoms with Gasteiger partial charge in [-0.25, -0.2) is 0 Å². The van der Waals surface area contributed by atoms with E-state index in [0.717, 1.165) is 37.1 Å². The maximum Gasteiger partial charge on any atom is 0.313 e. The highest BCUT2D eigenvalue weighted by Crippen LogP contribution is 2.36. The summed E-state index contributed by atoms with van der Waals surface area (Å²) in [4.78, 5) is 20.5. The van der Waals surface area contributed by atoms with Gasteiger partial charge in [-0.3, -0.25) is 4.79 Å². The van der Waals surface area contributed by atoms with Crippen molar-refractivity contribution in [2.45, 2.75) is 90.6 Å². The first-order valence-electron chi connectivity index (χ1n) is 13.7. The normalized spacial score (nSPS) is 25.4. The SMILES string of the molecule is C=C1CCN(C2=NC(OCC3CCCC3)=C=CC3=C2CCCC3)C[C@H](CC#N)C1C(=O)OC(C)(C)C. The standard InChI is InChI=1S/C30H41N3O3/c1-21-16-18-33(19-24(15-17-31)27(21)29(34)36-30(2,3)4)28-25-12-8-7-11-23(25)13-14-26(32-28)35-20-22-9-5-6-10-22/h13,22,24,27H,1,5-12,15-16,18-20H2,2-4H3/t24-,27?/m0/s1. The summed E-state index contributed by atoms with van der Waals surface area (Å²) in [6.07, 6.45) is 12.3. The zero-order chi connectivity index (χ0) is 25.7. The predicted molar refractivity (Wildman–Crippen MR) is 141 cm³/mol. The number of hydrogen-bond acceptors (Lipinski definition) is 6. The van der Waals surface area contributed by atoms with Crippen LogP contribution in [0.1, 0.15) is 85.0 Å². The highest BCUT2D eigenvalue weighted by atomic mass is 16.6. The van der Waals surface area contributed by atoms with Gasteiger partial charge < -0.3 is 14.4 Å². The van der Waals surface area contributed by atoms with Gasteiger partial charge in [0.25, 0.3) is 5.88 Å². The number of esters is 1. The lowest BCUT2D eigenvalue weighted by molar-refractivity contribution is -0.160. The second-order valence-electron chi connectivity index (χ2n) is 11.7. The first kappa shape index (κ1) is 26.3. The van der Waals surface area contributed by atoms with E-state index in [1.54, 1.807) is 0 Å². The predicted octanol–water partition coefficient (Wildman–Crippen LogP) is 6.22. The molecule has 6 heteroatoms. The van der Waals surface area contributed by atoms with Gasteiger partial charge in [-0.1, -0.05) is 30.7 Å². The molecule has 0 N–H and O–H groups in total. The first-order valence-corrected chi connectivity index (χ1v) is 13.7. The van der Waals surface area contributed by atoms with E-state index < -0.39 is 11.5 Å². The summed E-state index contributed by atoms with van der Waals surface area (Å²) in [5, 5.41) is 9.64. The maximum atomic E-state index is 13.2. The van der Waals surface area contributed by atoms with E-state index in [2.05, 4.69) is 29.4 Å². The van der Waals surface area contributed by atoms with E-state index in [-0.39, 0.29) is 18.3 Å². The van der Waals surface area contributed by atoms with Crippen molar-refractivity contribution in [3.8, 4) is 6.07 Å². The molecular formula is C30H41N3O3. The molecule has 1 unspecified atom stereocenters. The van der Waals surface area contributed by atoms with Gasteiger partial charge in [-0.2, -0.15) is 10.3 Å². The molecule has 4 rings (SSSR count). The number of nitriles is 1. The van der Waals surface area contributed by atoms with Crippen LogP contribution in [0.25, 0.3) is 0 Å². The zero-order valence-corrected chi connectivity index (χ0v) is 22.3. The molecule has 0 aromatic heterocycles. The van der Waals surface area contributed by atoms with Gasteiger partial charge in [0.15, 0.2) is 0 Å². The van der Waals surface area contributed by atoms with Gasteiger partial charge in [-0.15, -0.1) is 0 Å². The van der Waals surface area contributed by atoms with Crippen LogP contribution in [0.3, 0.4) is 0 Å². The molecule has 6 nitrogen and oxygen atoms in total. The molecular weight excluding hydrogens is 450 g/mol. The van der Waals surface area contributed by atoms with Crippen molar-refractivity contribution < 1.29 is 14.3 Å². The zero-order valence-electron chi connectivity index (χ0n) is 22.3. The number of allylic oxidation sites excluding steroid dienone is 2. The highest BCUT2D eigenvalue weighted by molar-refractivity contribution is 6.00. The van der Waals surface area contributed by atoms with Crippen LogP contribution in [0, 0.1) is 29.1 Å². The third-order valence-corrected chi connectivity index (χ3v) is 7.67. The van der Waals surface area contributed by atoms with Crippen molar-refractivity contribution >= 4 is 11.8 Å². The minimum absolute atomic E-state index is 0.210. The molecule has 4 aliphatic rings. The van der Waals surface area contributed by atoms with Crippen molar-refractivity contribution in [3.63, 3.8) is 0 Å². The quantitative estimate of drug-likeness (QED) is 0.259. The average molecular weight is 492 g/mol. The number of carbonyl (C=O) groups is 1. The Hall–Kier alpha value is -2.77. The van der Waals surface area contributed by atoms with Crippen LogP contribution in [0.15, 0.2) is 46.0 Å². The Morgan fingerprint density at radius 1 is 1.22 bits per heavy atom. The molecule has 2 heterocycles. The Balaban J connectivity index is 1.61. The van der Waals surface area contributed by atoms with Crippen LogP contribution in [-0.2, 0) is 14.3 Å². The average Bonchev–Trinajstić information content (AvgIpc) is 3.20. The lowest BCUT2D eigenvalue weighted by atomic mass is 9.84. The van der Waals surface area contributed by atoms with Gasteiger partial charge in [0.2, 0.25) is 0 Å². The molecule has 2 atom stereocenters. The largest absolute Gasteiger partial charge is 0.471 e. The van der Waals surface area contributed by atoms with Crippen molar-refractivity contribution in [2.75, 3.05) is 19.7 Å². The smallest absolute Gasteiger partial charge is 0.313 e. The fraction of sp³-hybridized carbons (Fsp3) is 0.667. The van der Waals surface area contributed by atoms with Crippen LogP contribution >= 0.6 is 0 Å². The van der Waals surface area contributed by atoms with Gasteiger partial charge in [0.05, 0.1) is 18.6 Å². The molecule has 2 aliphatic carbocycles. The topological polar surface area (TPSA) is 74.9 Å². The summed E-state index contributed by atoms with van der Waals surface area (Å²) >= 11 is 0. The first-order chi connectivity index (χ1) is 17.2. The van der Waals surface area contributed by atoms with E-state index in [1.165, 1.54) is 36.8 Å². The Labute approximate surface area is 216 Å². The molecule has 194 valence electrons. The van der Waals surface area contributed by atoms with Crippen LogP contribution in [0.5, 0.6) is 0 Å². The molecule has 2 fully saturated rings. The van der Waals surface area contributed by atoms with E-state index in [0.29, 0.717) is 37.9 Å². The monoisotopic (exact) mass is 491 g/mol. The third-order valence-electron chi connectivity index (χ3n) is 7.67. The number of aliphatic imine (C=N–C) groups is 1. The molecule has 0 amide bonds. The summed E-state index contributed by atoms with van der Waals surface area (Å²) in [5.74, 6) is 1.09. The molecule has 0 spiro atoms. The number of carbonyl (C=O) groups excluding carboxylic acids is 1. The van der Waals surface area contributed by atoms with Crippen molar-refractivity contribution in [1.82, 2.24) is 4.90 Å². The third kappa shape index (κ3) is 6.51. The lowest BCUT2D eigenvalue weighted by Gasteiger charge is -2.32. The van der Waals surface area contributed by atoms with E-state index in [4.69, 9.17) is 14.5 Å². The molecule has 1 saturated heterocycles. The molecule has 36 heavy (non-hydrogen) atoms. The number of nitrogens with zero attached hydrogens (tertiary/aromatic N) is 3. The van der Waals surface area contributed by atoms with E-state index >= 15 is 0 Å². The fourth-order valence-electron chi connectivity index (χ4n) is 5.86. The van der Waals surface area contributed by atoms with Gasteiger partial charge in [0.1, 0.15) is 11.4 Å². The lowest BCUT2D eigenvalue weighted by Crippen LogP contribution is -2.39. The van der Waals surface area contributed by atoms with Crippen LogP contribution < -0.4 is 0 Å². The van der Waals surface area contributed by atoms with Crippen molar-refractivity contribution in [3.05, 3.63) is 41.0 Å². The molecule has 0 bridgehead atoms.